The predicted molar refractivity (Wildman–Crippen MR) is 119 cm³/mol. The number of carbonyl (C=O) groups excluding carboxylic acids is 1. The van der Waals surface area contributed by atoms with Crippen molar-refractivity contribution in [1.82, 2.24) is 4.98 Å². The minimum absolute atomic E-state index is 0.143. The Bertz CT molecular complexity index is 1120. The molecular formula is C24H26N2O5. The van der Waals surface area contributed by atoms with Gasteiger partial charge in [0.15, 0.2) is 0 Å². The number of carbonyl (C=O) groups is 1. The molecule has 7 nitrogen and oxygen atoms in total. The summed E-state index contributed by atoms with van der Waals surface area (Å²) in [6.07, 6.45) is 1.04. The first-order chi connectivity index (χ1) is 15.1. The van der Waals surface area contributed by atoms with E-state index in [1.54, 1.807) is 18.1 Å². The van der Waals surface area contributed by atoms with Gasteiger partial charge in [0.05, 0.1) is 25.8 Å². The second-order valence-corrected chi connectivity index (χ2v) is 7.43. The third kappa shape index (κ3) is 4.56. The van der Waals surface area contributed by atoms with E-state index in [0.717, 1.165) is 17.6 Å². The van der Waals surface area contributed by atoms with Crippen LogP contribution in [0.4, 0.5) is 5.69 Å². The Morgan fingerprint density at radius 2 is 1.94 bits per heavy atom. The lowest BCUT2D eigenvalue weighted by Crippen LogP contribution is -2.39. The number of amides is 1. The summed E-state index contributed by atoms with van der Waals surface area (Å²) < 4.78 is 16.4. The highest BCUT2D eigenvalue weighted by molar-refractivity contribution is 5.96. The number of aromatic amines is 1. The molecule has 1 fully saturated rings. The second-order valence-electron chi connectivity index (χ2n) is 7.43. The van der Waals surface area contributed by atoms with Gasteiger partial charge in [-0.15, -0.1) is 0 Å². The summed E-state index contributed by atoms with van der Waals surface area (Å²) in [4.78, 5) is 30.6. The minimum Gasteiger partial charge on any atom is -0.497 e. The molecule has 1 aliphatic heterocycles. The standard InChI is InChI=1S/C24H26N2O5/c1-3-30-19-10-7-18(8-11-19)26(24(28)22-5-4-12-31-22)15-17-13-16-6-9-20(29-2)14-21(16)25-23(17)27/h6-11,13-14,22H,3-5,12,15H2,1-2H3,(H,25,27)/t22-/m0/s1. The van der Waals surface area contributed by atoms with E-state index in [1.165, 1.54) is 0 Å². The number of ether oxygens (including phenoxy) is 3. The van der Waals surface area contributed by atoms with Crippen molar-refractivity contribution in [2.45, 2.75) is 32.4 Å². The van der Waals surface area contributed by atoms with Gasteiger partial charge in [0.25, 0.3) is 11.5 Å². The number of benzene rings is 2. The molecule has 1 amide bonds. The Morgan fingerprint density at radius 1 is 1.16 bits per heavy atom. The zero-order chi connectivity index (χ0) is 21.8. The van der Waals surface area contributed by atoms with Gasteiger partial charge in [-0.3, -0.25) is 9.59 Å². The Labute approximate surface area is 180 Å². The van der Waals surface area contributed by atoms with E-state index >= 15 is 0 Å². The fourth-order valence-corrected chi connectivity index (χ4v) is 3.77. The maximum Gasteiger partial charge on any atom is 0.256 e. The number of nitrogens with zero attached hydrogens (tertiary/aromatic N) is 1. The maximum absolute atomic E-state index is 13.3. The van der Waals surface area contributed by atoms with E-state index in [4.69, 9.17) is 14.2 Å². The van der Waals surface area contributed by atoms with Crippen molar-refractivity contribution in [3.05, 3.63) is 64.4 Å². The number of hydrogen-bond acceptors (Lipinski definition) is 5. The number of fused-ring (bicyclic) bond motifs is 1. The van der Waals surface area contributed by atoms with Crippen LogP contribution in [0.1, 0.15) is 25.3 Å². The van der Waals surface area contributed by atoms with Gasteiger partial charge in [0, 0.05) is 23.9 Å². The summed E-state index contributed by atoms with van der Waals surface area (Å²) in [6, 6.07) is 14.6. The largest absolute Gasteiger partial charge is 0.497 e. The fraction of sp³-hybridized carbons (Fsp3) is 0.333. The third-order valence-electron chi connectivity index (χ3n) is 5.39. The quantitative estimate of drug-likeness (QED) is 0.629. The topological polar surface area (TPSA) is 80.9 Å². The van der Waals surface area contributed by atoms with Crippen LogP contribution >= 0.6 is 0 Å². The Hall–Kier alpha value is -3.32. The van der Waals surface area contributed by atoms with Crippen LogP contribution in [0.25, 0.3) is 10.9 Å². The molecule has 2 aromatic carbocycles. The van der Waals surface area contributed by atoms with Crippen LogP contribution < -0.4 is 19.9 Å². The number of anilines is 1. The summed E-state index contributed by atoms with van der Waals surface area (Å²) in [5.74, 6) is 1.25. The normalized spacial score (nSPS) is 15.7. The van der Waals surface area contributed by atoms with Gasteiger partial charge in [-0.2, -0.15) is 0 Å². The molecule has 1 atom stereocenters. The number of hydrogen-bond donors (Lipinski definition) is 1. The van der Waals surface area contributed by atoms with Crippen molar-refractivity contribution < 1.29 is 19.0 Å². The first kappa shape index (κ1) is 20.9. The van der Waals surface area contributed by atoms with Crippen molar-refractivity contribution >= 4 is 22.5 Å². The average molecular weight is 422 g/mol. The molecule has 7 heteroatoms. The van der Waals surface area contributed by atoms with Gasteiger partial charge in [0.1, 0.15) is 17.6 Å². The van der Waals surface area contributed by atoms with Crippen LogP contribution in [0.15, 0.2) is 53.3 Å². The maximum atomic E-state index is 13.3. The van der Waals surface area contributed by atoms with E-state index in [-0.39, 0.29) is 18.0 Å². The Kier molecular flexibility index (Phi) is 6.23. The lowest BCUT2D eigenvalue weighted by molar-refractivity contribution is -0.127. The van der Waals surface area contributed by atoms with Gasteiger partial charge in [-0.05, 0) is 67.6 Å². The predicted octanol–water partition coefficient (Wildman–Crippen LogP) is 3.65. The van der Waals surface area contributed by atoms with Gasteiger partial charge in [-0.25, -0.2) is 0 Å². The summed E-state index contributed by atoms with van der Waals surface area (Å²) >= 11 is 0. The molecular weight excluding hydrogens is 396 g/mol. The Morgan fingerprint density at radius 3 is 2.61 bits per heavy atom. The summed E-state index contributed by atoms with van der Waals surface area (Å²) in [5.41, 5.74) is 1.64. The number of H-pyrrole nitrogens is 1. The van der Waals surface area contributed by atoms with Gasteiger partial charge >= 0.3 is 0 Å². The molecule has 4 rings (SSSR count). The van der Waals surface area contributed by atoms with Gasteiger partial charge in [-0.1, -0.05) is 0 Å². The number of nitrogens with one attached hydrogen (secondary N) is 1. The smallest absolute Gasteiger partial charge is 0.256 e. The van der Waals surface area contributed by atoms with Crippen LogP contribution in [0.3, 0.4) is 0 Å². The molecule has 162 valence electrons. The van der Waals surface area contributed by atoms with E-state index in [2.05, 4.69) is 4.98 Å². The molecule has 0 bridgehead atoms. The van der Waals surface area contributed by atoms with Crippen molar-refractivity contribution in [1.29, 1.82) is 0 Å². The molecule has 1 saturated heterocycles. The van der Waals surface area contributed by atoms with E-state index in [1.807, 2.05) is 49.4 Å². The van der Waals surface area contributed by atoms with Crippen LogP contribution in [0.2, 0.25) is 0 Å². The molecule has 1 N–H and O–H groups in total. The molecule has 2 heterocycles. The first-order valence-corrected chi connectivity index (χ1v) is 10.4. The lowest BCUT2D eigenvalue weighted by atomic mass is 10.1. The van der Waals surface area contributed by atoms with Gasteiger partial charge in [0.2, 0.25) is 0 Å². The first-order valence-electron chi connectivity index (χ1n) is 10.4. The van der Waals surface area contributed by atoms with Crippen molar-refractivity contribution in [3.8, 4) is 11.5 Å². The molecule has 31 heavy (non-hydrogen) atoms. The van der Waals surface area contributed by atoms with Crippen LogP contribution in [-0.2, 0) is 16.1 Å². The number of pyridine rings is 1. The van der Waals surface area contributed by atoms with Crippen molar-refractivity contribution in [2.24, 2.45) is 0 Å². The van der Waals surface area contributed by atoms with E-state index < -0.39 is 6.10 Å². The third-order valence-corrected chi connectivity index (χ3v) is 5.39. The summed E-state index contributed by atoms with van der Waals surface area (Å²) in [7, 11) is 1.58. The number of aromatic nitrogens is 1. The highest BCUT2D eigenvalue weighted by Crippen LogP contribution is 2.25. The zero-order valence-electron chi connectivity index (χ0n) is 17.7. The van der Waals surface area contributed by atoms with Crippen LogP contribution in [0, 0.1) is 0 Å². The molecule has 0 saturated carbocycles. The fourth-order valence-electron chi connectivity index (χ4n) is 3.77. The minimum atomic E-state index is -0.490. The van der Waals surface area contributed by atoms with Crippen LogP contribution in [-0.4, -0.2) is 37.3 Å². The van der Waals surface area contributed by atoms with Crippen LogP contribution in [0.5, 0.6) is 11.5 Å². The Balaban J connectivity index is 1.69. The summed E-state index contributed by atoms with van der Waals surface area (Å²) in [6.45, 7) is 3.20. The average Bonchev–Trinajstić information content (AvgIpc) is 3.33. The number of rotatable bonds is 7. The molecule has 0 unspecified atom stereocenters. The highest BCUT2D eigenvalue weighted by atomic mass is 16.5. The van der Waals surface area contributed by atoms with E-state index in [9.17, 15) is 9.59 Å². The second kappa shape index (κ2) is 9.22. The SMILES string of the molecule is CCOc1ccc(N(Cc2cc3ccc(OC)cc3[nH]c2=O)C(=O)[C@@H]2CCCO2)cc1. The molecule has 0 aliphatic carbocycles. The monoisotopic (exact) mass is 422 g/mol. The van der Waals surface area contributed by atoms with Gasteiger partial charge < -0.3 is 24.1 Å². The molecule has 0 spiro atoms. The zero-order valence-corrected chi connectivity index (χ0v) is 17.7. The highest BCUT2D eigenvalue weighted by Gasteiger charge is 2.29. The van der Waals surface area contributed by atoms with Crippen molar-refractivity contribution in [3.63, 3.8) is 0 Å². The van der Waals surface area contributed by atoms with E-state index in [0.29, 0.717) is 42.2 Å². The molecule has 1 aromatic heterocycles. The number of methoxy groups -OCH3 is 1. The lowest BCUT2D eigenvalue weighted by Gasteiger charge is -2.25. The molecule has 3 aromatic rings. The molecule has 0 radical (unpaired) electrons. The van der Waals surface area contributed by atoms with Crippen molar-refractivity contribution in [2.75, 3.05) is 25.2 Å². The molecule has 1 aliphatic rings. The summed E-state index contributed by atoms with van der Waals surface area (Å²) in [5, 5.41) is 0.867.